The average molecular weight is 400 g/mol. The van der Waals surface area contributed by atoms with Crippen molar-refractivity contribution >= 4 is 10.1 Å². The summed E-state index contributed by atoms with van der Waals surface area (Å²) in [5, 5.41) is 0. The molecule has 0 spiro atoms. The van der Waals surface area contributed by atoms with Gasteiger partial charge in [-0.25, -0.2) is 0 Å². The van der Waals surface area contributed by atoms with Crippen molar-refractivity contribution in [3.05, 3.63) is 35.9 Å². The molecule has 1 rings (SSSR count). The molecule has 1 aromatic rings. The van der Waals surface area contributed by atoms with E-state index in [0.717, 1.165) is 0 Å². The lowest BCUT2D eigenvalue weighted by Gasteiger charge is -2.08. The summed E-state index contributed by atoms with van der Waals surface area (Å²) in [6.07, 6.45) is 17.6. The highest BCUT2D eigenvalue weighted by molar-refractivity contribution is 7.85. The molecule has 0 unspecified atom stereocenters. The van der Waals surface area contributed by atoms with Gasteiger partial charge in [-0.1, -0.05) is 88.1 Å². The SMILES string of the molecule is CN(C)CCCCCCCCCCCCCc1ccccc1.CS(=O)(=O)O. The van der Waals surface area contributed by atoms with E-state index < -0.39 is 10.1 Å². The third-order valence-electron chi connectivity index (χ3n) is 4.41. The molecule has 0 aliphatic carbocycles. The highest BCUT2D eigenvalue weighted by Gasteiger charge is 1.95. The first kappa shape index (κ1) is 26.1. The zero-order chi connectivity index (χ0) is 20.4. The predicted molar refractivity (Wildman–Crippen MR) is 117 cm³/mol. The number of hydrogen-bond donors (Lipinski definition) is 1. The lowest BCUT2D eigenvalue weighted by Crippen LogP contribution is -2.12. The molecule has 1 aromatic carbocycles. The second kappa shape index (κ2) is 17.2. The Morgan fingerprint density at radius 1 is 0.741 bits per heavy atom. The topological polar surface area (TPSA) is 57.6 Å². The zero-order valence-electron chi connectivity index (χ0n) is 17.7. The Kier molecular flexibility index (Phi) is 16.6. The van der Waals surface area contributed by atoms with Gasteiger partial charge in [0.2, 0.25) is 0 Å². The van der Waals surface area contributed by atoms with Crippen molar-refractivity contribution in [3.8, 4) is 0 Å². The zero-order valence-corrected chi connectivity index (χ0v) is 18.5. The smallest absolute Gasteiger partial charge is 0.261 e. The van der Waals surface area contributed by atoms with Crippen molar-refractivity contribution in [2.75, 3.05) is 26.9 Å². The molecule has 1 N–H and O–H groups in total. The molecule has 0 atom stereocenters. The third kappa shape index (κ3) is 25.1. The molecule has 27 heavy (non-hydrogen) atoms. The van der Waals surface area contributed by atoms with E-state index >= 15 is 0 Å². The monoisotopic (exact) mass is 399 g/mol. The Balaban J connectivity index is 0.00000119. The number of benzene rings is 1. The van der Waals surface area contributed by atoms with Gasteiger partial charge in [0.25, 0.3) is 10.1 Å². The fourth-order valence-corrected chi connectivity index (χ4v) is 2.99. The summed E-state index contributed by atoms with van der Waals surface area (Å²) in [5.41, 5.74) is 1.50. The lowest BCUT2D eigenvalue weighted by atomic mass is 10.0. The summed E-state index contributed by atoms with van der Waals surface area (Å²) in [6, 6.07) is 10.9. The minimum Gasteiger partial charge on any atom is -0.309 e. The summed E-state index contributed by atoms with van der Waals surface area (Å²) in [5.74, 6) is 0. The molecule has 4 nitrogen and oxygen atoms in total. The van der Waals surface area contributed by atoms with Crippen molar-refractivity contribution in [1.29, 1.82) is 0 Å². The van der Waals surface area contributed by atoms with Gasteiger partial charge >= 0.3 is 0 Å². The molecule has 0 radical (unpaired) electrons. The fraction of sp³-hybridized carbons (Fsp3) is 0.727. The number of nitrogens with zero attached hydrogens (tertiary/aromatic N) is 1. The summed E-state index contributed by atoms with van der Waals surface area (Å²) >= 11 is 0. The van der Waals surface area contributed by atoms with Crippen LogP contribution in [-0.4, -0.2) is 44.8 Å². The van der Waals surface area contributed by atoms with Crippen molar-refractivity contribution in [1.82, 2.24) is 4.90 Å². The maximum atomic E-state index is 9.19. The number of unbranched alkanes of at least 4 members (excludes halogenated alkanes) is 10. The molecule has 0 fully saturated rings. The molecule has 5 heteroatoms. The second-order valence-corrected chi connectivity index (χ2v) is 9.13. The normalized spacial score (nSPS) is 11.3. The van der Waals surface area contributed by atoms with Crippen molar-refractivity contribution in [3.63, 3.8) is 0 Å². The van der Waals surface area contributed by atoms with E-state index in [1.165, 1.54) is 89.2 Å². The number of aryl methyl sites for hydroxylation is 1. The molecule has 0 bridgehead atoms. The Hall–Kier alpha value is -0.910. The minimum atomic E-state index is -3.67. The summed E-state index contributed by atoms with van der Waals surface area (Å²) < 4.78 is 25.9. The van der Waals surface area contributed by atoms with Gasteiger partial charge in [0.05, 0.1) is 6.26 Å². The standard InChI is InChI=1S/C21H37N.CH4O3S/c1-22(2)20-16-11-9-7-5-3-4-6-8-10-13-17-21-18-14-12-15-19-21;1-5(2,3)4/h12,14-15,18-19H,3-11,13,16-17,20H2,1-2H3;1H3,(H,2,3,4). The molecule has 158 valence electrons. The van der Waals surface area contributed by atoms with Crippen molar-refractivity contribution in [2.45, 2.75) is 77.0 Å². The van der Waals surface area contributed by atoms with Crippen LogP contribution in [-0.2, 0) is 16.5 Å². The molecule has 0 aromatic heterocycles. The van der Waals surface area contributed by atoms with Crippen molar-refractivity contribution in [2.24, 2.45) is 0 Å². The van der Waals surface area contributed by atoms with Crippen LogP contribution in [0.3, 0.4) is 0 Å². The van der Waals surface area contributed by atoms with Gasteiger partial charge in [0, 0.05) is 0 Å². The summed E-state index contributed by atoms with van der Waals surface area (Å²) in [6.45, 7) is 1.25. The Morgan fingerprint density at radius 2 is 1.11 bits per heavy atom. The van der Waals surface area contributed by atoms with Crippen LogP contribution < -0.4 is 0 Å². The Morgan fingerprint density at radius 3 is 1.52 bits per heavy atom. The first-order valence-corrected chi connectivity index (χ1v) is 12.2. The van der Waals surface area contributed by atoms with Gasteiger partial charge < -0.3 is 4.90 Å². The molecule has 0 aliphatic heterocycles. The highest BCUT2D eigenvalue weighted by atomic mass is 32.2. The van der Waals surface area contributed by atoms with Gasteiger partial charge in [-0.05, 0) is 45.5 Å². The van der Waals surface area contributed by atoms with E-state index in [0.29, 0.717) is 6.26 Å². The quantitative estimate of drug-likeness (QED) is 0.327. The molecular formula is C22H41NO3S. The highest BCUT2D eigenvalue weighted by Crippen LogP contribution is 2.12. The van der Waals surface area contributed by atoms with Gasteiger partial charge in [-0.3, -0.25) is 4.55 Å². The molecule has 0 amide bonds. The molecule has 0 saturated carbocycles. The second-order valence-electron chi connectivity index (χ2n) is 7.66. The first-order chi connectivity index (χ1) is 12.8. The van der Waals surface area contributed by atoms with Crippen LogP contribution in [0.25, 0.3) is 0 Å². The van der Waals surface area contributed by atoms with Crippen LogP contribution in [0, 0.1) is 0 Å². The van der Waals surface area contributed by atoms with Gasteiger partial charge in [-0.15, -0.1) is 0 Å². The Labute approximate surface area is 168 Å². The Bertz CT molecular complexity index is 522. The van der Waals surface area contributed by atoms with Gasteiger partial charge in [0.1, 0.15) is 0 Å². The van der Waals surface area contributed by atoms with E-state index in [-0.39, 0.29) is 0 Å². The van der Waals surface area contributed by atoms with E-state index in [2.05, 4.69) is 49.3 Å². The fourth-order valence-electron chi connectivity index (χ4n) is 2.99. The van der Waals surface area contributed by atoms with Crippen LogP contribution in [0.5, 0.6) is 0 Å². The van der Waals surface area contributed by atoms with E-state index in [1.54, 1.807) is 0 Å². The van der Waals surface area contributed by atoms with Crippen LogP contribution in [0.4, 0.5) is 0 Å². The minimum absolute atomic E-state index is 0.715. The number of rotatable bonds is 14. The molecule has 0 aliphatic rings. The predicted octanol–water partition coefficient (Wildman–Crippen LogP) is 5.59. The lowest BCUT2D eigenvalue weighted by molar-refractivity contribution is 0.389. The maximum absolute atomic E-state index is 9.19. The third-order valence-corrected chi connectivity index (χ3v) is 4.41. The number of hydrogen-bond acceptors (Lipinski definition) is 3. The van der Waals surface area contributed by atoms with Crippen LogP contribution in [0.2, 0.25) is 0 Å². The van der Waals surface area contributed by atoms with Crippen LogP contribution >= 0.6 is 0 Å². The summed E-state index contributed by atoms with van der Waals surface area (Å²) in [7, 11) is 0.666. The first-order valence-electron chi connectivity index (χ1n) is 10.4. The average Bonchev–Trinajstić information content (AvgIpc) is 2.58. The van der Waals surface area contributed by atoms with Crippen LogP contribution in [0.15, 0.2) is 30.3 Å². The van der Waals surface area contributed by atoms with Crippen molar-refractivity contribution < 1.29 is 13.0 Å². The molecule has 0 saturated heterocycles. The van der Waals surface area contributed by atoms with E-state index in [1.807, 2.05) is 0 Å². The van der Waals surface area contributed by atoms with E-state index in [4.69, 9.17) is 4.55 Å². The maximum Gasteiger partial charge on any atom is 0.261 e. The largest absolute Gasteiger partial charge is 0.309 e. The molecule has 0 heterocycles. The van der Waals surface area contributed by atoms with Gasteiger partial charge in [-0.2, -0.15) is 8.42 Å². The van der Waals surface area contributed by atoms with Gasteiger partial charge in [0.15, 0.2) is 0 Å². The van der Waals surface area contributed by atoms with Crippen LogP contribution in [0.1, 0.15) is 76.2 Å². The summed E-state index contributed by atoms with van der Waals surface area (Å²) in [4.78, 5) is 2.29. The van der Waals surface area contributed by atoms with E-state index in [9.17, 15) is 8.42 Å². The molecular weight excluding hydrogens is 358 g/mol.